The highest BCUT2D eigenvalue weighted by Gasteiger charge is 2.45. The van der Waals surface area contributed by atoms with E-state index in [1.165, 1.54) is 12.1 Å². The minimum absolute atomic E-state index is 0.0722. The van der Waals surface area contributed by atoms with E-state index < -0.39 is 17.9 Å². The number of nitrogens with zero attached hydrogens (tertiary/aromatic N) is 3. The van der Waals surface area contributed by atoms with Gasteiger partial charge >= 0.3 is 5.97 Å². The van der Waals surface area contributed by atoms with Gasteiger partial charge in [0, 0.05) is 24.9 Å². The van der Waals surface area contributed by atoms with Crippen molar-refractivity contribution < 1.29 is 23.9 Å². The zero-order valence-electron chi connectivity index (χ0n) is 19.3. The Morgan fingerprint density at radius 2 is 1.82 bits per heavy atom. The summed E-state index contributed by atoms with van der Waals surface area (Å²) in [5.41, 5.74) is 1.52. The van der Waals surface area contributed by atoms with Crippen molar-refractivity contribution >= 4 is 29.4 Å². The molecule has 1 saturated carbocycles. The molecule has 1 unspecified atom stereocenters. The van der Waals surface area contributed by atoms with Crippen LogP contribution >= 0.6 is 0 Å². The Morgan fingerprint density at radius 3 is 2.47 bits per heavy atom. The molecule has 8 nitrogen and oxygen atoms in total. The highest BCUT2D eigenvalue weighted by Crippen LogP contribution is 2.31. The zero-order chi connectivity index (χ0) is 24.1. The lowest BCUT2D eigenvalue weighted by Crippen LogP contribution is -2.47. The molecule has 3 amide bonds. The van der Waals surface area contributed by atoms with Crippen LogP contribution in [0.3, 0.4) is 0 Å². The molecular formula is C26H29N3O5. The van der Waals surface area contributed by atoms with Gasteiger partial charge in [-0.3, -0.25) is 19.4 Å². The first kappa shape index (κ1) is 23.6. The Balaban J connectivity index is 1.58. The van der Waals surface area contributed by atoms with Gasteiger partial charge in [0.25, 0.3) is 5.91 Å². The third kappa shape index (κ3) is 5.00. The molecule has 0 spiro atoms. The van der Waals surface area contributed by atoms with Crippen molar-refractivity contribution in [3.8, 4) is 0 Å². The molecule has 0 bridgehead atoms. The number of amides is 3. The number of hydrogen-bond donors (Lipinski definition) is 0. The van der Waals surface area contributed by atoms with Gasteiger partial charge in [0.1, 0.15) is 6.04 Å². The highest BCUT2D eigenvalue weighted by atomic mass is 16.5. The molecule has 34 heavy (non-hydrogen) atoms. The Labute approximate surface area is 198 Å². The molecular weight excluding hydrogens is 434 g/mol. The quantitative estimate of drug-likeness (QED) is 0.461. The number of aromatic nitrogens is 1. The number of esters is 1. The molecule has 2 aromatic rings. The van der Waals surface area contributed by atoms with Crippen molar-refractivity contribution in [2.45, 2.75) is 58.0 Å². The topological polar surface area (TPSA) is 96.9 Å². The Kier molecular flexibility index (Phi) is 7.35. The van der Waals surface area contributed by atoms with Crippen LogP contribution in [0.5, 0.6) is 0 Å². The van der Waals surface area contributed by atoms with Crippen molar-refractivity contribution in [3.63, 3.8) is 0 Å². The minimum Gasteiger partial charge on any atom is -0.462 e. The van der Waals surface area contributed by atoms with Gasteiger partial charge in [0.15, 0.2) is 0 Å². The first-order chi connectivity index (χ1) is 16.5. The van der Waals surface area contributed by atoms with E-state index in [2.05, 4.69) is 4.98 Å². The molecule has 1 atom stereocenters. The molecule has 2 aliphatic rings. The van der Waals surface area contributed by atoms with Crippen LogP contribution in [0.4, 0.5) is 5.69 Å². The highest BCUT2D eigenvalue weighted by molar-refractivity contribution is 6.23. The maximum atomic E-state index is 13.5. The molecule has 2 fully saturated rings. The summed E-state index contributed by atoms with van der Waals surface area (Å²) >= 11 is 0. The predicted molar refractivity (Wildman–Crippen MR) is 125 cm³/mol. The molecule has 1 saturated heterocycles. The second-order valence-corrected chi connectivity index (χ2v) is 8.72. The third-order valence-corrected chi connectivity index (χ3v) is 6.45. The fraction of sp³-hybridized carbons (Fsp3) is 0.423. The lowest BCUT2D eigenvalue weighted by molar-refractivity contribution is -0.143. The lowest BCUT2D eigenvalue weighted by atomic mass is 9.87. The van der Waals surface area contributed by atoms with E-state index >= 15 is 0 Å². The average Bonchev–Trinajstić information content (AvgIpc) is 3.17. The average molecular weight is 464 g/mol. The van der Waals surface area contributed by atoms with Gasteiger partial charge in [0.05, 0.1) is 24.3 Å². The van der Waals surface area contributed by atoms with Crippen molar-refractivity contribution in [2.24, 2.45) is 5.92 Å². The number of ether oxygens (including phenoxy) is 1. The standard InChI is InChI=1S/C26H29N3O5/c1-2-34-26(33)20-10-12-21(13-11-20)29-23(30)15-22(25(29)32)28(17-18-7-6-14-27-16-18)24(31)19-8-4-3-5-9-19/h6-7,10-14,16,19,22H,2-5,8-9,15,17H2,1H3. The predicted octanol–water partition coefficient (Wildman–Crippen LogP) is 3.50. The number of carbonyl (C=O) groups excluding carboxylic acids is 4. The van der Waals surface area contributed by atoms with Gasteiger partial charge in [-0.1, -0.05) is 25.3 Å². The number of rotatable bonds is 7. The van der Waals surface area contributed by atoms with Crippen LogP contribution in [-0.4, -0.2) is 46.2 Å². The molecule has 2 heterocycles. The van der Waals surface area contributed by atoms with Gasteiger partial charge < -0.3 is 9.64 Å². The summed E-state index contributed by atoms with van der Waals surface area (Å²) in [6.07, 6.45) is 7.96. The monoisotopic (exact) mass is 463 g/mol. The van der Waals surface area contributed by atoms with Crippen molar-refractivity contribution in [1.82, 2.24) is 9.88 Å². The number of carbonyl (C=O) groups is 4. The number of anilines is 1. The van der Waals surface area contributed by atoms with Crippen LogP contribution in [0.25, 0.3) is 0 Å². The first-order valence-electron chi connectivity index (χ1n) is 11.8. The van der Waals surface area contributed by atoms with Crippen molar-refractivity contribution in [3.05, 3.63) is 59.9 Å². The Bertz CT molecular complexity index is 1050. The van der Waals surface area contributed by atoms with E-state index in [1.54, 1.807) is 42.4 Å². The van der Waals surface area contributed by atoms with Crippen LogP contribution in [0, 0.1) is 5.92 Å². The fourth-order valence-corrected chi connectivity index (χ4v) is 4.71. The van der Waals surface area contributed by atoms with E-state index in [0.717, 1.165) is 42.6 Å². The summed E-state index contributed by atoms with van der Waals surface area (Å²) in [7, 11) is 0. The summed E-state index contributed by atoms with van der Waals surface area (Å²) in [4.78, 5) is 58.7. The minimum atomic E-state index is -0.869. The van der Waals surface area contributed by atoms with Crippen LogP contribution < -0.4 is 4.90 Å². The largest absolute Gasteiger partial charge is 0.462 e. The Hall–Kier alpha value is -3.55. The zero-order valence-corrected chi connectivity index (χ0v) is 19.3. The lowest BCUT2D eigenvalue weighted by Gasteiger charge is -2.32. The maximum Gasteiger partial charge on any atom is 0.338 e. The van der Waals surface area contributed by atoms with Crippen molar-refractivity contribution in [2.75, 3.05) is 11.5 Å². The van der Waals surface area contributed by atoms with Crippen LogP contribution in [0.1, 0.15) is 61.4 Å². The van der Waals surface area contributed by atoms with Gasteiger partial charge in [-0.25, -0.2) is 9.69 Å². The molecule has 178 valence electrons. The Morgan fingerprint density at radius 1 is 1.09 bits per heavy atom. The summed E-state index contributed by atoms with van der Waals surface area (Å²) in [6.45, 7) is 2.20. The van der Waals surface area contributed by atoms with Gasteiger partial charge in [-0.15, -0.1) is 0 Å². The number of hydrogen-bond acceptors (Lipinski definition) is 6. The molecule has 0 N–H and O–H groups in total. The van der Waals surface area contributed by atoms with Crippen LogP contribution in [0.2, 0.25) is 0 Å². The SMILES string of the molecule is CCOC(=O)c1ccc(N2C(=O)CC(N(Cc3cccnc3)C(=O)C3CCCCC3)C2=O)cc1. The maximum absolute atomic E-state index is 13.5. The summed E-state index contributed by atoms with van der Waals surface area (Å²) in [6, 6.07) is 8.95. The molecule has 1 aromatic heterocycles. The molecule has 4 rings (SSSR count). The smallest absolute Gasteiger partial charge is 0.338 e. The van der Waals surface area contributed by atoms with Crippen molar-refractivity contribution in [1.29, 1.82) is 0 Å². The second-order valence-electron chi connectivity index (χ2n) is 8.72. The second kappa shape index (κ2) is 10.6. The van der Waals surface area contributed by atoms with Gasteiger partial charge in [-0.05, 0) is 55.7 Å². The fourth-order valence-electron chi connectivity index (χ4n) is 4.71. The van der Waals surface area contributed by atoms with E-state index in [-0.39, 0.29) is 37.3 Å². The number of imide groups is 1. The molecule has 8 heteroatoms. The summed E-state index contributed by atoms with van der Waals surface area (Å²) < 4.78 is 4.99. The van der Waals surface area contributed by atoms with E-state index in [9.17, 15) is 19.2 Å². The molecule has 0 radical (unpaired) electrons. The number of pyridine rings is 1. The normalized spacial score (nSPS) is 18.7. The third-order valence-electron chi connectivity index (χ3n) is 6.45. The summed E-state index contributed by atoms with van der Waals surface area (Å²) in [5, 5.41) is 0. The van der Waals surface area contributed by atoms with E-state index in [0.29, 0.717) is 11.3 Å². The summed E-state index contributed by atoms with van der Waals surface area (Å²) in [5.74, 6) is -1.47. The van der Waals surface area contributed by atoms with E-state index in [4.69, 9.17) is 4.74 Å². The first-order valence-corrected chi connectivity index (χ1v) is 11.8. The molecule has 1 aliphatic heterocycles. The van der Waals surface area contributed by atoms with Gasteiger partial charge in [-0.2, -0.15) is 0 Å². The van der Waals surface area contributed by atoms with Crippen LogP contribution in [-0.2, 0) is 25.7 Å². The van der Waals surface area contributed by atoms with Crippen LogP contribution in [0.15, 0.2) is 48.8 Å². The van der Waals surface area contributed by atoms with Gasteiger partial charge in [0.2, 0.25) is 11.8 Å². The molecule has 1 aliphatic carbocycles. The molecule has 1 aromatic carbocycles. The number of benzene rings is 1. The van der Waals surface area contributed by atoms with E-state index in [1.807, 2.05) is 6.07 Å².